The molecule has 150 valence electrons. The number of nitrogens with zero attached hydrogens (tertiary/aromatic N) is 2. The lowest BCUT2D eigenvalue weighted by atomic mass is 9.98. The van der Waals surface area contributed by atoms with Crippen LogP contribution in [-0.2, 0) is 16.1 Å². The zero-order chi connectivity index (χ0) is 21.3. The molecule has 2 heterocycles. The number of aliphatic hydroxyl groups excluding tert-OH is 1. The van der Waals surface area contributed by atoms with Crippen LogP contribution in [0.15, 0.2) is 78.5 Å². The average molecular weight is 402 g/mol. The first-order chi connectivity index (χ1) is 14.5. The number of aromatic nitrogens is 1. The number of rotatable bonds is 4. The number of aryl methyl sites for hydroxylation is 1. The number of benzene rings is 2. The van der Waals surface area contributed by atoms with Gasteiger partial charge in [0.2, 0.25) is 0 Å². The van der Waals surface area contributed by atoms with Gasteiger partial charge in [0.05, 0.1) is 11.3 Å². The quantitative estimate of drug-likeness (QED) is 0.404. The zero-order valence-corrected chi connectivity index (χ0v) is 16.2. The van der Waals surface area contributed by atoms with Crippen molar-refractivity contribution in [2.24, 2.45) is 0 Å². The highest BCUT2D eigenvalue weighted by Gasteiger charge is 2.46. The standard InChI is InChI=1S/C24H19FN2O3/c1-15-5-9-17(10-6-15)22(28)20-21(19-4-2-3-13-26-19)27(24(30)23(20)29)14-16-7-11-18(25)12-8-16/h2-13,21,28H,14H2,1H3/b22-20-. The second kappa shape index (κ2) is 7.91. The van der Waals surface area contributed by atoms with E-state index in [1.165, 1.54) is 17.0 Å². The third-order valence-electron chi connectivity index (χ3n) is 5.10. The molecule has 30 heavy (non-hydrogen) atoms. The Morgan fingerprint density at radius 2 is 1.73 bits per heavy atom. The fourth-order valence-electron chi connectivity index (χ4n) is 3.54. The van der Waals surface area contributed by atoms with Gasteiger partial charge < -0.3 is 10.0 Å². The summed E-state index contributed by atoms with van der Waals surface area (Å²) >= 11 is 0. The van der Waals surface area contributed by atoms with Crippen LogP contribution in [0.1, 0.15) is 28.4 Å². The largest absolute Gasteiger partial charge is 0.507 e. The predicted molar refractivity (Wildman–Crippen MR) is 110 cm³/mol. The van der Waals surface area contributed by atoms with Gasteiger partial charge in [0, 0.05) is 18.3 Å². The lowest BCUT2D eigenvalue weighted by Gasteiger charge is -2.24. The number of pyridine rings is 1. The van der Waals surface area contributed by atoms with Crippen molar-refractivity contribution in [3.8, 4) is 0 Å². The molecule has 3 aromatic rings. The molecule has 1 fully saturated rings. The maximum atomic E-state index is 13.3. The molecule has 0 bridgehead atoms. The molecule has 1 unspecified atom stereocenters. The zero-order valence-electron chi connectivity index (χ0n) is 16.2. The summed E-state index contributed by atoms with van der Waals surface area (Å²) in [6.45, 7) is 2.00. The van der Waals surface area contributed by atoms with E-state index in [-0.39, 0.29) is 23.7 Å². The van der Waals surface area contributed by atoms with Gasteiger partial charge in [0.1, 0.15) is 17.6 Å². The summed E-state index contributed by atoms with van der Waals surface area (Å²) in [5, 5.41) is 11.0. The highest BCUT2D eigenvalue weighted by atomic mass is 19.1. The smallest absolute Gasteiger partial charge is 0.296 e. The van der Waals surface area contributed by atoms with Crippen LogP contribution >= 0.6 is 0 Å². The van der Waals surface area contributed by atoms with Crippen LogP contribution < -0.4 is 0 Å². The van der Waals surface area contributed by atoms with E-state index >= 15 is 0 Å². The third-order valence-corrected chi connectivity index (χ3v) is 5.10. The van der Waals surface area contributed by atoms with Crippen molar-refractivity contribution >= 4 is 17.4 Å². The molecule has 1 aromatic heterocycles. The van der Waals surface area contributed by atoms with Gasteiger partial charge in [-0.2, -0.15) is 0 Å². The number of aliphatic hydroxyl groups is 1. The summed E-state index contributed by atoms with van der Waals surface area (Å²) in [6.07, 6.45) is 1.57. The van der Waals surface area contributed by atoms with Crippen LogP contribution in [0.2, 0.25) is 0 Å². The van der Waals surface area contributed by atoms with E-state index in [4.69, 9.17) is 0 Å². The summed E-state index contributed by atoms with van der Waals surface area (Å²) in [4.78, 5) is 31.5. The van der Waals surface area contributed by atoms with Gasteiger partial charge in [-0.1, -0.05) is 48.0 Å². The first kappa shape index (κ1) is 19.5. The maximum Gasteiger partial charge on any atom is 0.296 e. The van der Waals surface area contributed by atoms with Gasteiger partial charge >= 0.3 is 0 Å². The van der Waals surface area contributed by atoms with Crippen LogP contribution in [0.3, 0.4) is 0 Å². The molecule has 1 N–H and O–H groups in total. The number of Topliss-reactive ketones (excluding diaryl/α,β-unsaturated/α-hetero) is 1. The fourth-order valence-corrected chi connectivity index (χ4v) is 3.54. The van der Waals surface area contributed by atoms with Gasteiger partial charge in [-0.05, 0) is 36.8 Å². The van der Waals surface area contributed by atoms with E-state index in [0.29, 0.717) is 16.8 Å². The Kier molecular flexibility index (Phi) is 5.14. The molecule has 1 atom stereocenters. The average Bonchev–Trinajstić information content (AvgIpc) is 3.01. The molecule has 0 saturated carbocycles. The van der Waals surface area contributed by atoms with Crippen molar-refractivity contribution in [2.75, 3.05) is 0 Å². The van der Waals surface area contributed by atoms with Crippen LogP contribution in [0, 0.1) is 12.7 Å². The summed E-state index contributed by atoms with van der Waals surface area (Å²) in [5.74, 6) is -2.14. The van der Waals surface area contributed by atoms with Gasteiger partial charge in [-0.25, -0.2) is 4.39 Å². The molecule has 0 radical (unpaired) electrons. The maximum absolute atomic E-state index is 13.3. The van der Waals surface area contributed by atoms with E-state index < -0.39 is 17.7 Å². The highest BCUT2D eigenvalue weighted by molar-refractivity contribution is 6.46. The molecule has 1 aliphatic rings. The molecule has 4 rings (SSSR count). The Labute approximate surface area is 173 Å². The fraction of sp³-hybridized carbons (Fsp3) is 0.125. The van der Waals surface area contributed by atoms with Crippen molar-refractivity contribution in [2.45, 2.75) is 19.5 Å². The summed E-state index contributed by atoms with van der Waals surface area (Å²) in [7, 11) is 0. The number of ketones is 1. The molecule has 0 spiro atoms. The summed E-state index contributed by atoms with van der Waals surface area (Å²) in [5.41, 5.74) is 2.57. The van der Waals surface area contributed by atoms with Gasteiger partial charge in [-0.3, -0.25) is 14.6 Å². The molecular weight excluding hydrogens is 383 g/mol. The first-order valence-corrected chi connectivity index (χ1v) is 9.46. The lowest BCUT2D eigenvalue weighted by Crippen LogP contribution is -2.29. The Morgan fingerprint density at radius 1 is 1.03 bits per heavy atom. The molecule has 1 aliphatic heterocycles. The topological polar surface area (TPSA) is 70.5 Å². The number of hydrogen-bond acceptors (Lipinski definition) is 4. The second-order valence-electron chi connectivity index (χ2n) is 7.17. The Balaban J connectivity index is 1.83. The second-order valence-corrected chi connectivity index (χ2v) is 7.17. The van der Waals surface area contributed by atoms with Gasteiger partial charge in [0.15, 0.2) is 0 Å². The summed E-state index contributed by atoms with van der Waals surface area (Å²) in [6, 6.07) is 17.1. The number of carbonyl (C=O) groups excluding carboxylic acids is 2. The molecule has 0 aliphatic carbocycles. The third kappa shape index (κ3) is 3.59. The van der Waals surface area contributed by atoms with E-state index in [1.54, 1.807) is 48.7 Å². The number of carbonyl (C=O) groups is 2. The van der Waals surface area contributed by atoms with E-state index in [1.807, 2.05) is 19.1 Å². The van der Waals surface area contributed by atoms with E-state index in [0.717, 1.165) is 5.56 Å². The van der Waals surface area contributed by atoms with Crippen molar-refractivity contribution in [1.29, 1.82) is 0 Å². The van der Waals surface area contributed by atoms with Gasteiger partial charge in [-0.15, -0.1) is 0 Å². The first-order valence-electron chi connectivity index (χ1n) is 9.46. The molecule has 2 aromatic carbocycles. The van der Waals surface area contributed by atoms with Crippen molar-refractivity contribution in [1.82, 2.24) is 9.88 Å². The molecular formula is C24H19FN2O3. The minimum absolute atomic E-state index is 0.00957. The van der Waals surface area contributed by atoms with E-state index in [2.05, 4.69) is 4.98 Å². The van der Waals surface area contributed by atoms with Crippen LogP contribution in [-0.4, -0.2) is 26.7 Å². The highest BCUT2D eigenvalue weighted by Crippen LogP contribution is 2.39. The Morgan fingerprint density at radius 3 is 2.37 bits per heavy atom. The SMILES string of the molecule is Cc1ccc(/C(O)=C2/C(=O)C(=O)N(Cc3ccc(F)cc3)C2c2ccccn2)cc1. The summed E-state index contributed by atoms with van der Waals surface area (Å²) < 4.78 is 13.3. The predicted octanol–water partition coefficient (Wildman–Crippen LogP) is 4.15. The minimum Gasteiger partial charge on any atom is -0.507 e. The number of likely N-dealkylation sites (tertiary alicyclic amines) is 1. The van der Waals surface area contributed by atoms with E-state index in [9.17, 15) is 19.1 Å². The van der Waals surface area contributed by atoms with Gasteiger partial charge in [0.25, 0.3) is 11.7 Å². The van der Waals surface area contributed by atoms with Crippen molar-refractivity contribution in [3.63, 3.8) is 0 Å². The van der Waals surface area contributed by atoms with Crippen LogP contribution in [0.25, 0.3) is 5.76 Å². The lowest BCUT2D eigenvalue weighted by molar-refractivity contribution is -0.140. The van der Waals surface area contributed by atoms with Crippen molar-refractivity contribution in [3.05, 3.63) is 107 Å². The molecule has 1 amide bonds. The normalized spacial score (nSPS) is 18.1. The number of halogens is 1. The van der Waals surface area contributed by atoms with Crippen LogP contribution in [0.5, 0.6) is 0 Å². The number of hydrogen-bond donors (Lipinski definition) is 1. The molecule has 5 nitrogen and oxygen atoms in total. The molecule has 1 saturated heterocycles. The Hall–Kier alpha value is -3.80. The molecule has 6 heteroatoms. The van der Waals surface area contributed by atoms with Crippen LogP contribution in [0.4, 0.5) is 4.39 Å². The minimum atomic E-state index is -0.849. The van der Waals surface area contributed by atoms with Crippen molar-refractivity contribution < 1.29 is 19.1 Å². The monoisotopic (exact) mass is 402 g/mol. The number of amides is 1. The Bertz CT molecular complexity index is 1120.